The molecule has 1 N–H and O–H groups in total. The van der Waals surface area contributed by atoms with Crippen molar-refractivity contribution in [1.82, 2.24) is 4.57 Å². The normalized spacial score (nSPS) is 10.6. The molecule has 0 atom stereocenters. The molecule has 0 radical (unpaired) electrons. The first-order valence-corrected chi connectivity index (χ1v) is 8.65. The Morgan fingerprint density at radius 1 is 1.00 bits per heavy atom. The van der Waals surface area contributed by atoms with E-state index in [0.29, 0.717) is 22.9 Å². The maximum atomic E-state index is 12.6. The molecule has 0 saturated carbocycles. The number of carbonyl (C=O) groups excluding carboxylic acids is 2. The molecule has 1 heterocycles. The quantitative estimate of drug-likeness (QED) is 0.528. The molecule has 2 aromatic carbocycles. The first-order chi connectivity index (χ1) is 12.5. The number of carbonyl (C=O) groups is 2. The molecule has 3 rings (SSSR count). The highest BCUT2D eigenvalue weighted by atomic mass is 35.5. The Balaban J connectivity index is 1.78. The number of Topliss-reactive ketones (excluding diaryl/α,β-unsaturated/α-hetero) is 1. The van der Waals surface area contributed by atoms with Crippen LogP contribution in [0.3, 0.4) is 0 Å². The number of anilines is 1. The van der Waals surface area contributed by atoms with Crippen LogP contribution in [0.1, 0.15) is 27.2 Å². The van der Waals surface area contributed by atoms with E-state index in [1.165, 1.54) is 11.1 Å². The third-order valence-electron chi connectivity index (χ3n) is 4.31. The number of ketones is 1. The summed E-state index contributed by atoms with van der Waals surface area (Å²) in [5.41, 5.74) is 4.24. The van der Waals surface area contributed by atoms with Gasteiger partial charge in [0.25, 0.3) is 11.7 Å². The molecule has 3 aromatic rings. The molecule has 132 valence electrons. The maximum Gasteiger partial charge on any atom is 0.298 e. The zero-order valence-electron chi connectivity index (χ0n) is 14.6. The highest BCUT2D eigenvalue weighted by molar-refractivity contribution is 6.47. The minimum absolute atomic E-state index is 0.341. The van der Waals surface area contributed by atoms with Gasteiger partial charge < -0.3 is 9.88 Å². The van der Waals surface area contributed by atoms with Gasteiger partial charge in [-0.3, -0.25) is 9.59 Å². The van der Waals surface area contributed by atoms with Crippen molar-refractivity contribution in [2.24, 2.45) is 0 Å². The fourth-order valence-corrected chi connectivity index (χ4v) is 2.90. The fourth-order valence-electron chi connectivity index (χ4n) is 2.71. The Morgan fingerprint density at radius 2 is 1.77 bits per heavy atom. The van der Waals surface area contributed by atoms with Crippen LogP contribution >= 0.6 is 11.6 Å². The second-order valence-corrected chi connectivity index (χ2v) is 6.61. The van der Waals surface area contributed by atoms with E-state index in [0.717, 1.165) is 5.56 Å². The Kier molecular flexibility index (Phi) is 5.24. The SMILES string of the molecule is Cc1ccc(Cn2cccc2C(=O)C(=O)Nc2ccccc2Cl)cc1C. The summed E-state index contributed by atoms with van der Waals surface area (Å²) >= 11 is 6.03. The second-order valence-electron chi connectivity index (χ2n) is 6.20. The zero-order chi connectivity index (χ0) is 18.7. The van der Waals surface area contributed by atoms with Crippen molar-refractivity contribution < 1.29 is 9.59 Å². The molecule has 0 unspecified atom stereocenters. The van der Waals surface area contributed by atoms with Gasteiger partial charge in [-0.15, -0.1) is 0 Å². The molecule has 26 heavy (non-hydrogen) atoms. The van der Waals surface area contributed by atoms with E-state index in [9.17, 15) is 9.59 Å². The molecule has 0 bridgehead atoms. The number of benzene rings is 2. The van der Waals surface area contributed by atoms with Crippen LogP contribution in [0.2, 0.25) is 5.02 Å². The standard InChI is InChI=1S/C21H19ClN2O2/c1-14-9-10-16(12-15(14)2)13-24-11-5-8-19(24)20(25)21(26)23-18-7-4-3-6-17(18)22/h3-12H,13H2,1-2H3,(H,23,26). The molecule has 1 amide bonds. The van der Waals surface area contributed by atoms with Gasteiger partial charge >= 0.3 is 0 Å². The van der Waals surface area contributed by atoms with Crippen molar-refractivity contribution >= 4 is 29.0 Å². The summed E-state index contributed by atoms with van der Waals surface area (Å²) in [6.07, 6.45) is 1.80. The average molecular weight is 367 g/mol. The molecule has 4 nitrogen and oxygen atoms in total. The number of nitrogens with one attached hydrogen (secondary N) is 1. The summed E-state index contributed by atoms with van der Waals surface area (Å²) in [6.45, 7) is 4.63. The molecule has 0 aliphatic rings. The Labute approximate surface area is 157 Å². The largest absolute Gasteiger partial charge is 0.340 e. The first-order valence-electron chi connectivity index (χ1n) is 8.27. The smallest absolute Gasteiger partial charge is 0.298 e. The van der Waals surface area contributed by atoms with Gasteiger partial charge in [0.05, 0.1) is 16.4 Å². The molecule has 0 fully saturated rings. The topological polar surface area (TPSA) is 51.1 Å². The van der Waals surface area contributed by atoms with E-state index < -0.39 is 11.7 Å². The van der Waals surface area contributed by atoms with Crippen LogP contribution in [0, 0.1) is 13.8 Å². The van der Waals surface area contributed by atoms with Crippen LogP contribution in [0.5, 0.6) is 0 Å². The van der Waals surface area contributed by atoms with Crippen molar-refractivity contribution in [3.8, 4) is 0 Å². The first kappa shape index (κ1) is 18.0. The Bertz CT molecular complexity index is 976. The highest BCUT2D eigenvalue weighted by Crippen LogP contribution is 2.21. The zero-order valence-corrected chi connectivity index (χ0v) is 15.4. The summed E-state index contributed by atoms with van der Waals surface area (Å²) in [6, 6.07) is 16.4. The summed E-state index contributed by atoms with van der Waals surface area (Å²) in [5.74, 6) is -1.31. The predicted octanol–water partition coefficient (Wildman–Crippen LogP) is 4.63. The number of rotatable bonds is 5. The van der Waals surface area contributed by atoms with E-state index in [2.05, 4.69) is 31.3 Å². The molecule has 0 aliphatic carbocycles. The van der Waals surface area contributed by atoms with Gasteiger partial charge in [-0.25, -0.2) is 0 Å². The van der Waals surface area contributed by atoms with Crippen LogP contribution in [0.25, 0.3) is 0 Å². The third kappa shape index (κ3) is 3.86. The van der Waals surface area contributed by atoms with E-state index in [1.54, 1.807) is 47.2 Å². The van der Waals surface area contributed by atoms with E-state index >= 15 is 0 Å². The predicted molar refractivity (Wildman–Crippen MR) is 104 cm³/mol. The van der Waals surface area contributed by atoms with Crippen LogP contribution < -0.4 is 5.32 Å². The van der Waals surface area contributed by atoms with Gasteiger partial charge in [-0.2, -0.15) is 0 Å². The number of nitrogens with zero attached hydrogens (tertiary/aromatic N) is 1. The van der Waals surface area contributed by atoms with Crippen molar-refractivity contribution in [3.63, 3.8) is 0 Å². The monoisotopic (exact) mass is 366 g/mol. The summed E-state index contributed by atoms with van der Waals surface area (Å²) in [5, 5.41) is 2.96. The molecule has 5 heteroatoms. The lowest BCUT2D eigenvalue weighted by molar-refractivity contribution is -0.112. The molecular weight excluding hydrogens is 348 g/mol. The number of hydrogen-bond acceptors (Lipinski definition) is 2. The van der Waals surface area contributed by atoms with Crippen LogP contribution in [-0.4, -0.2) is 16.3 Å². The highest BCUT2D eigenvalue weighted by Gasteiger charge is 2.20. The van der Waals surface area contributed by atoms with E-state index in [-0.39, 0.29) is 0 Å². The van der Waals surface area contributed by atoms with Crippen molar-refractivity contribution in [2.75, 3.05) is 5.32 Å². The molecular formula is C21H19ClN2O2. The Hall–Kier alpha value is -2.85. The molecule has 1 aromatic heterocycles. The Morgan fingerprint density at radius 3 is 2.50 bits per heavy atom. The summed E-state index contributed by atoms with van der Waals surface area (Å²) in [7, 11) is 0. The summed E-state index contributed by atoms with van der Waals surface area (Å²) in [4.78, 5) is 24.9. The van der Waals surface area contributed by atoms with Crippen LogP contribution in [0.4, 0.5) is 5.69 Å². The average Bonchev–Trinajstić information content (AvgIpc) is 3.07. The number of para-hydroxylation sites is 1. The number of amides is 1. The molecule has 0 saturated heterocycles. The van der Waals surface area contributed by atoms with E-state index in [4.69, 9.17) is 11.6 Å². The number of halogens is 1. The lowest BCUT2D eigenvalue weighted by atomic mass is 10.1. The lowest BCUT2D eigenvalue weighted by Crippen LogP contribution is -2.25. The third-order valence-corrected chi connectivity index (χ3v) is 4.64. The number of aryl methyl sites for hydroxylation is 2. The second kappa shape index (κ2) is 7.58. The minimum atomic E-state index is -0.710. The van der Waals surface area contributed by atoms with Gasteiger partial charge in [0, 0.05) is 12.7 Å². The van der Waals surface area contributed by atoms with E-state index in [1.807, 2.05) is 6.07 Å². The lowest BCUT2D eigenvalue weighted by Gasteiger charge is -2.11. The van der Waals surface area contributed by atoms with Crippen molar-refractivity contribution in [2.45, 2.75) is 20.4 Å². The number of hydrogen-bond donors (Lipinski definition) is 1. The van der Waals surface area contributed by atoms with Crippen LogP contribution in [0.15, 0.2) is 60.8 Å². The van der Waals surface area contributed by atoms with Gasteiger partial charge in [0.2, 0.25) is 0 Å². The fraction of sp³-hybridized carbons (Fsp3) is 0.143. The molecule has 0 aliphatic heterocycles. The van der Waals surface area contributed by atoms with Crippen molar-refractivity contribution in [1.29, 1.82) is 0 Å². The van der Waals surface area contributed by atoms with Gasteiger partial charge in [-0.05, 0) is 54.8 Å². The molecule has 0 spiro atoms. The number of aromatic nitrogens is 1. The van der Waals surface area contributed by atoms with Crippen molar-refractivity contribution in [3.05, 3.63) is 88.2 Å². The minimum Gasteiger partial charge on any atom is -0.340 e. The summed E-state index contributed by atoms with van der Waals surface area (Å²) < 4.78 is 1.78. The van der Waals surface area contributed by atoms with Gasteiger partial charge in [0.15, 0.2) is 0 Å². The maximum absolute atomic E-state index is 12.6. The van der Waals surface area contributed by atoms with Gasteiger partial charge in [-0.1, -0.05) is 41.9 Å². The van der Waals surface area contributed by atoms with Crippen LogP contribution in [-0.2, 0) is 11.3 Å². The van der Waals surface area contributed by atoms with Gasteiger partial charge in [0.1, 0.15) is 0 Å².